The van der Waals surface area contributed by atoms with Crippen molar-refractivity contribution in [3.8, 4) is 0 Å². The summed E-state index contributed by atoms with van der Waals surface area (Å²) in [6.45, 7) is 19.3. The number of hydrogen-bond acceptors (Lipinski definition) is 14. The molecule has 5 heterocycles. The van der Waals surface area contributed by atoms with Crippen molar-refractivity contribution in [3.63, 3.8) is 0 Å². The molecule has 1 N–H and O–H groups in total. The molecule has 4 fully saturated rings. The van der Waals surface area contributed by atoms with Gasteiger partial charge in [-0.2, -0.15) is 8.42 Å². The highest BCUT2D eigenvalue weighted by Gasteiger charge is 2.63. The Morgan fingerprint density at radius 3 is 2.25 bits per heavy atom. The van der Waals surface area contributed by atoms with Crippen LogP contribution in [0, 0.1) is 17.8 Å². The first-order valence-electron chi connectivity index (χ1n) is 21.3. The van der Waals surface area contributed by atoms with Gasteiger partial charge in [-0.15, -0.1) is 0 Å². The average Bonchev–Trinajstić information content (AvgIpc) is 3.75. The molecule has 2 bridgehead atoms. The standard InChI is InChI=1S/C44H69NO13S/c1-14-32-44(10,56-32)38-26(4)35-24(2)21-43(9,57-35)37(55-41-34(46)31(45(11)12)20-25(3)51-41)27(5)36(28(6)40(47)54-38)53-33-22-42(8,50-13)39(29(7)52-33)58-59(48,49)23-30-18-16-15-17-19-30/h15-19,25-29,31-34,36-39,41,46H,14,20-23H2,1-13H3/t25-,26+,27+,28-,29+,31+,32+,33?,34-,36+,37-,38-,39+,41?,42-,43-,44-/m1/s1. The van der Waals surface area contributed by atoms with Gasteiger partial charge in [0.15, 0.2) is 12.6 Å². The SMILES string of the molecule is CC[C@@H]1O[C@@]1(C)[C@@H]1OC(=O)[C@H](C)[C@@H](OC2C[C@@](C)(OC)[C@@H](OS(=O)(=O)Cc3ccccc3)[C@H](C)O2)[C@H](C)[C@@H](OC2O[C@H](C)C[C@H](N(C)C)[C@H]2O)[C@@]2(C)CC(C)=C(O2)[C@@H]1C. The predicted octanol–water partition coefficient (Wildman–Crippen LogP) is 5.49. The summed E-state index contributed by atoms with van der Waals surface area (Å²) in [6, 6.07) is 8.60. The Morgan fingerprint density at radius 2 is 1.64 bits per heavy atom. The van der Waals surface area contributed by atoms with Crippen LogP contribution >= 0.6 is 0 Å². The summed E-state index contributed by atoms with van der Waals surface area (Å²) in [4.78, 5) is 16.6. The van der Waals surface area contributed by atoms with Gasteiger partial charge in [0.1, 0.15) is 47.1 Å². The lowest BCUT2D eigenvalue weighted by Crippen LogP contribution is -2.60. The lowest BCUT2D eigenvalue weighted by molar-refractivity contribution is -0.314. The van der Waals surface area contributed by atoms with Crippen LogP contribution in [0.3, 0.4) is 0 Å². The number of benzene rings is 1. The largest absolute Gasteiger partial charge is 0.488 e. The van der Waals surface area contributed by atoms with Crippen LogP contribution in [-0.4, -0.2) is 130 Å². The monoisotopic (exact) mass is 851 g/mol. The minimum absolute atomic E-state index is 0.0741. The number of aliphatic hydroxyl groups is 1. The minimum atomic E-state index is -4.06. The summed E-state index contributed by atoms with van der Waals surface area (Å²) in [5.74, 6) is -1.86. The van der Waals surface area contributed by atoms with Gasteiger partial charge >= 0.3 is 5.97 Å². The minimum Gasteiger partial charge on any atom is -0.488 e. The molecule has 0 amide bonds. The second-order valence-corrected chi connectivity index (χ2v) is 20.3. The maximum Gasteiger partial charge on any atom is 0.311 e. The molecular weight excluding hydrogens is 783 g/mol. The Labute approximate surface area is 351 Å². The highest BCUT2D eigenvalue weighted by atomic mass is 32.2. The molecule has 1 aromatic carbocycles. The molecule has 5 aliphatic heterocycles. The van der Waals surface area contributed by atoms with Crippen LogP contribution in [0.5, 0.6) is 0 Å². The number of ether oxygens (including phenoxy) is 8. The Morgan fingerprint density at radius 1 is 0.966 bits per heavy atom. The normalized spacial score (nSPS) is 44.5. The van der Waals surface area contributed by atoms with Gasteiger partial charge < -0.3 is 47.9 Å². The molecule has 2 unspecified atom stereocenters. The molecule has 6 rings (SSSR count). The van der Waals surface area contributed by atoms with Gasteiger partial charge in [-0.1, -0.05) is 51.1 Å². The molecule has 5 aliphatic rings. The smallest absolute Gasteiger partial charge is 0.311 e. The van der Waals surface area contributed by atoms with Crippen LogP contribution in [0.25, 0.3) is 0 Å². The maximum absolute atomic E-state index is 14.6. The second kappa shape index (κ2) is 17.5. The zero-order valence-corrected chi connectivity index (χ0v) is 38.0. The quantitative estimate of drug-likeness (QED) is 0.160. The Bertz CT molecular complexity index is 1780. The number of methoxy groups -OCH3 is 1. The molecule has 14 nitrogen and oxygen atoms in total. The van der Waals surface area contributed by atoms with Crippen molar-refractivity contribution in [2.45, 2.75) is 185 Å². The molecule has 0 aliphatic carbocycles. The average molecular weight is 852 g/mol. The summed E-state index contributed by atoms with van der Waals surface area (Å²) in [5, 5.41) is 11.7. The number of esters is 1. The molecule has 334 valence electrons. The maximum atomic E-state index is 14.6. The van der Waals surface area contributed by atoms with E-state index in [1.807, 2.05) is 73.5 Å². The number of carbonyl (C=O) groups is 1. The predicted molar refractivity (Wildman–Crippen MR) is 218 cm³/mol. The molecule has 4 saturated heterocycles. The van der Waals surface area contributed by atoms with Crippen molar-refractivity contribution in [3.05, 3.63) is 47.2 Å². The molecular formula is C44H69NO13S. The zero-order valence-electron chi connectivity index (χ0n) is 37.2. The number of rotatable bonds is 12. The topological polar surface area (TPSA) is 161 Å². The second-order valence-electron chi connectivity index (χ2n) is 18.7. The van der Waals surface area contributed by atoms with Gasteiger partial charge in [-0.3, -0.25) is 8.98 Å². The van der Waals surface area contributed by atoms with E-state index < -0.39 is 93.9 Å². The molecule has 59 heavy (non-hydrogen) atoms. The summed E-state index contributed by atoms with van der Waals surface area (Å²) >= 11 is 0. The molecule has 1 aromatic rings. The van der Waals surface area contributed by atoms with Gasteiger partial charge in [-0.05, 0) is 86.5 Å². The Kier molecular flexibility index (Phi) is 13.8. The van der Waals surface area contributed by atoms with Crippen molar-refractivity contribution in [1.29, 1.82) is 0 Å². The van der Waals surface area contributed by atoms with Crippen LogP contribution in [0.15, 0.2) is 41.7 Å². The lowest BCUT2D eigenvalue weighted by atomic mass is 9.79. The first-order chi connectivity index (χ1) is 27.6. The van der Waals surface area contributed by atoms with Crippen LogP contribution in [-0.2, 0) is 62.7 Å². The van der Waals surface area contributed by atoms with Crippen LogP contribution < -0.4 is 0 Å². The van der Waals surface area contributed by atoms with E-state index in [0.29, 0.717) is 18.4 Å². The fourth-order valence-corrected chi connectivity index (χ4v) is 11.6. The third kappa shape index (κ3) is 9.45. The number of cyclic esters (lactones) is 1. The van der Waals surface area contributed by atoms with E-state index in [9.17, 15) is 18.3 Å². The zero-order chi connectivity index (χ0) is 43.4. The van der Waals surface area contributed by atoms with Crippen molar-refractivity contribution >= 4 is 16.1 Å². The molecule has 0 saturated carbocycles. The number of epoxide rings is 1. The van der Waals surface area contributed by atoms with Crippen LogP contribution in [0.2, 0.25) is 0 Å². The molecule has 17 atom stereocenters. The number of likely N-dealkylation sites (N-methyl/N-ethyl adjacent to an activating group) is 1. The van der Waals surface area contributed by atoms with E-state index in [1.54, 1.807) is 45.0 Å². The number of fused-ring (bicyclic) bond motifs is 2. The first kappa shape index (κ1) is 46.3. The molecule has 15 heteroatoms. The summed E-state index contributed by atoms with van der Waals surface area (Å²) < 4.78 is 85.2. The third-order valence-electron chi connectivity index (χ3n) is 13.6. The van der Waals surface area contributed by atoms with E-state index in [1.165, 1.54) is 7.11 Å². The fourth-order valence-electron chi connectivity index (χ4n) is 10.3. The van der Waals surface area contributed by atoms with Gasteiger partial charge in [0.05, 0.1) is 41.9 Å². The van der Waals surface area contributed by atoms with Crippen LogP contribution in [0.1, 0.15) is 100 Å². The Balaban J connectivity index is 1.35. The third-order valence-corrected chi connectivity index (χ3v) is 14.8. The van der Waals surface area contributed by atoms with Crippen molar-refractivity contribution in [2.24, 2.45) is 17.8 Å². The number of hydrogen-bond donors (Lipinski definition) is 1. The summed E-state index contributed by atoms with van der Waals surface area (Å²) in [7, 11) is 1.30. The highest BCUT2D eigenvalue weighted by molar-refractivity contribution is 7.85. The molecule has 0 radical (unpaired) electrons. The van der Waals surface area contributed by atoms with Gasteiger partial charge in [0.2, 0.25) is 0 Å². The highest BCUT2D eigenvalue weighted by Crippen LogP contribution is 2.52. The summed E-state index contributed by atoms with van der Waals surface area (Å²) in [6.07, 6.45) is -5.45. The van der Waals surface area contributed by atoms with E-state index in [0.717, 1.165) is 17.8 Å². The number of aliphatic hydroxyl groups excluding tert-OH is 1. The van der Waals surface area contributed by atoms with E-state index in [-0.39, 0.29) is 36.3 Å². The van der Waals surface area contributed by atoms with Crippen LogP contribution in [0.4, 0.5) is 0 Å². The number of nitrogens with zero attached hydrogens (tertiary/aromatic N) is 1. The number of carbonyl (C=O) groups excluding carboxylic acids is 1. The van der Waals surface area contributed by atoms with Crippen molar-refractivity contribution in [1.82, 2.24) is 4.90 Å². The first-order valence-corrected chi connectivity index (χ1v) is 22.9. The fraction of sp³-hybridized carbons (Fsp3) is 0.795. The van der Waals surface area contributed by atoms with Crippen molar-refractivity contribution in [2.75, 3.05) is 21.2 Å². The van der Waals surface area contributed by atoms with E-state index >= 15 is 0 Å². The van der Waals surface area contributed by atoms with Gasteiger partial charge in [-0.25, -0.2) is 0 Å². The van der Waals surface area contributed by atoms with Gasteiger partial charge in [0.25, 0.3) is 10.1 Å². The van der Waals surface area contributed by atoms with E-state index in [2.05, 4.69) is 0 Å². The molecule has 0 aromatic heterocycles. The van der Waals surface area contributed by atoms with Gasteiger partial charge in [0, 0.05) is 31.9 Å². The van der Waals surface area contributed by atoms with E-state index in [4.69, 9.17) is 42.1 Å². The van der Waals surface area contributed by atoms with Crippen molar-refractivity contribution < 1.29 is 60.4 Å². The summed E-state index contributed by atoms with van der Waals surface area (Å²) in [5.41, 5.74) is -1.28. The Hall–Kier alpha value is -2.18. The molecule has 0 spiro atoms. The lowest BCUT2D eigenvalue weighted by Gasteiger charge is -2.49.